The van der Waals surface area contributed by atoms with Gasteiger partial charge >= 0.3 is 5.97 Å². The van der Waals surface area contributed by atoms with Crippen molar-refractivity contribution in [1.82, 2.24) is 0 Å². The molecule has 0 fully saturated rings. The molecule has 0 bridgehead atoms. The number of ether oxygens (including phenoxy) is 5. The summed E-state index contributed by atoms with van der Waals surface area (Å²) >= 11 is 0. The van der Waals surface area contributed by atoms with E-state index in [0.29, 0.717) is 22.8 Å². The third-order valence-corrected chi connectivity index (χ3v) is 5.19. The molecular formula is C25H26N2O6. The molecule has 0 amide bonds. The Morgan fingerprint density at radius 3 is 2.42 bits per heavy atom. The van der Waals surface area contributed by atoms with E-state index in [1.165, 1.54) is 0 Å². The summed E-state index contributed by atoms with van der Waals surface area (Å²) in [5.74, 6) is 0.929. The third-order valence-electron chi connectivity index (χ3n) is 5.19. The summed E-state index contributed by atoms with van der Waals surface area (Å²) in [7, 11) is 3.16. The van der Waals surface area contributed by atoms with Crippen molar-refractivity contribution in [3.8, 4) is 23.3 Å². The molecular weight excluding hydrogens is 424 g/mol. The molecule has 0 saturated carbocycles. The predicted octanol–water partition coefficient (Wildman–Crippen LogP) is 3.93. The molecule has 8 heteroatoms. The van der Waals surface area contributed by atoms with Crippen LogP contribution in [0, 0.1) is 11.3 Å². The minimum absolute atomic E-state index is 0.0418. The molecule has 8 nitrogen and oxygen atoms in total. The Morgan fingerprint density at radius 1 is 1.12 bits per heavy atom. The average molecular weight is 450 g/mol. The normalized spacial score (nSPS) is 15.4. The van der Waals surface area contributed by atoms with Crippen molar-refractivity contribution < 1.29 is 28.5 Å². The Morgan fingerprint density at radius 2 is 1.82 bits per heavy atom. The smallest absolute Gasteiger partial charge is 0.338 e. The van der Waals surface area contributed by atoms with Crippen molar-refractivity contribution in [2.24, 2.45) is 5.73 Å². The van der Waals surface area contributed by atoms with E-state index in [1.807, 2.05) is 6.07 Å². The molecule has 1 atom stereocenters. The molecule has 2 aromatic rings. The van der Waals surface area contributed by atoms with E-state index in [9.17, 15) is 10.1 Å². The number of carbonyl (C=O) groups excluding carboxylic acids is 1. The van der Waals surface area contributed by atoms with Crippen LogP contribution in [0.15, 0.2) is 65.3 Å². The van der Waals surface area contributed by atoms with Crippen molar-refractivity contribution >= 4 is 5.97 Å². The first kappa shape index (κ1) is 23.5. The van der Waals surface area contributed by atoms with E-state index in [0.717, 1.165) is 11.3 Å². The molecule has 1 heterocycles. The van der Waals surface area contributed by atoms with Gasteiger partial charge in [-0.1, -0.05) is 6.07 Å². The first-order valence-corrected chi connectivity index (χ1v) is 10.3. The molecule has 1 aliphatic rings. The number of hydrogen-bond acceptors (Lipinski definition) is 8. The van der Waals surface area contributed by atoms with Gasteiger partial charge in [0.1, 0.15) is 41.3 Å². The number of nitrogens with two attached hydrogens (primary N) is 1. The molecule has 0 aromatic heterocycles. The molecule has 0 aliphatic carbocycles. The summed E-state index contributed by atoms with van der Waals surface area (Å²) in [5, 5.41) is 9.77. The Bertz CT molecular complexity index is 1130. The number of methoxy groups -OCH3 is 2. The van der Waals surface area contributed by atoms with Gasteiger partial charge in [-0.3, -0.25) is 0 Å². The Balaban J connectivity index is 1.99. The lowest BCUT2D eigenvalue weighted by molar-refractivity contribution is -0.139. The second-order valence-corrected chi connectivity index (χ2v) is 7.15. The Labute approximate surface area is 192 Å². The second kappa shape index (κ2) is 10.5. The highest BCUT2D eigenvalue weighted by Crippen LogP contribution is 2.40. The predicted molar refractivity (Wildman–Crippen MR) is 120 cm³/mol. The number of benzene rings is 2. The van der Waals surface area contributed by atoms with Gasteiger partial charge in [-0.05, 0) is 55.8 Å². The molecule has 0 radical (unpaired) electrons. The highest BCUT2D eigenvalue weighted by Gasteiger charge is 2.36. The molecule has 3 rings (SSSR count). The summed E-state index contributed by atoms with van der Waals surface area (Å²) in [5.41, 5.74) is 7.74. The molecule has 2 aromatic carbocycles. The van der Waals surface area contributed by atoms with Crippen molar-refractivity contribution in [3.05, 3.63) is 76.4 Å². The molecule has 2 N–H and O–H groups in total. The summed E-state index contributed by atoms with van der Waals surface area (Å²) in [6.07, 6.45) is 0. The van der Waals surface area contributed by atoms with Gasteiger partial charge in [0.2, 0.25) is 5.88 Å². The van der Waals surface area contributed by atoms with Crippen LogP contribution in [-0.2, 0) is 20.9 Å². The number of esters is 1. The Kier molecular flexibility index (Phi) is 7.46. The van der Waals surface area contributed by atoms with E-state index in [-0.39, 0.29) is 30.2 Å². The van der Waals surface area contributed by atoms with Crippen LogP contribution < -0.4 is 19.9 Å². The van der Waals surface area contributed by atoms with Gasteiger partial charge in [0, 0.05) is 5.56 Å². The molecule has 1 unspecified atom stereocenters. The highest BCUT2D eigenvalue weighted by molar-refractivity contribution is 5.92. The van der Waals surface area contributed by atoms with Gasteiger partial charge in [0.05, 0.1) is 32.3 Å². The van der Waals surface area contributed by atoms with Crippen molar-refractivity contribution in [3.63, 3.8) is 0 Å². The van der Waals surface area contributed by atoms with Crippen LogP contribution in [0.3, 0.4) is 0 Å². The summed E-state index contributed by atoms with van der Waals surface area (Å²) in [6, 6.07) is 14.7. The van der Waals surface area contributed by atoms with E-state index in [4.69, 9.17) is 29.4 Å². The minimum Gasteiger partial charge on any atom is -0.497 e. The fourth-order valence-electron chi connectivity index (χ4n) is 3.61. The number of hydrogen-bond donors (Lipinski definition) is 1. The summed E-state index contributed by atoms with van der Waals surface area (Å²) in [4.78, 5) is 12.7. The zero-order valence-corrected chi connectivity index (χ0v) is 19.0. The maximum absolute atomic E-state index is 12.7. The van der Waals surface area contributed by atoms with Crippen molar-refractivity contribution in [1.29, 1.82) is 5.26 Å². The lowest BCUT2D eigenvalue weighted by atomic mass is 9.82. The fraction of sp³-hybridized carbons (Fsp3) is 0.280. The van der Waals surface area contributed by atoms with Gasteiger partial charge in [-0.15, -0.1) is 0 Å². The van der Waals surface area contributed by atoms with Crippen LogP contribution in [0.1, 0.15) is 30.9 Å². The van der Waals surface area contributed by atoms with Crippen LogP contribution in [-0.4, -0.2) is 26.8 Å². The first-order chi connectivity index (χ1) is 15.9. The first-order valence-electron chi connectivity index (χ1n) is 10.3. The fourth-order valence-corrected chi connectivity index (χ4v) is 3.61. The molecule has 1 aliphatic heterocycles. The zero-order valence-electron chi connectivity index (χ0n) is 19.0. The van der Waals surface area contributed by atoms with Crippen molar-refractivity contribution in [2.75, 3.05) is 20.8 Å². The lowest BCUT2D eigenvalue weighted by Gasteiger charge is -2.27. The minimum atomic E-state index is -0.742. The van der Waals surface area contributed by atoms with Crippen LogP contribution >= 0.6 is 0 Å². The second-order valence-electron chi connectivity index (χ2n) is 7.15. The highest BCUT2D eigenvalue weighted by atomic mass is 16.5. The van der Waals surface area contributed by atoms with Gasteiger partial charge < -0.3 is 29.4 Å². The Hall–Kier alpha value is -4.12. The largest absolute Gasteiger partial charge is 0.497 e. The number of nitrogens with zero attached hydrogens (tertiary/aromatic N) is 1. The standard InChI is InChI=1S/C25H26N2O6/c1-5-31-25(28)22-15(2)33-24(27)20(13-26)23(22)16-6-11-21(30-4)17(12-16)14-32-19-9-7-18(29-3)8-10-19/h6-12,23H,5,14,27H2,1-4H3. The maximum Gasteiger partial charge on any atom is 0.338 e. The number of nitriles is 1. The van der Waals surface area contributed by atoms with E-state index in [2.05, 4.69) is 6.07 Å². The number of rotatable bonds is 8. The topological polar surface area (TPSA) is 113 Å². The maximum atomic E-state index is 12.7. The SMILES string of the molecule is CCOC(=O)C1=C(C)OC(N)=C(C#N)C1c1ccc(OC)c(COc2ccc(OC)cc2)c1. The molecule has 172 valence electrons. The molecule has 33 heavy (non-hydrogen) atoms. The van der Waals surface area contributed by atoms with E-state index in [1.54, 1.807) is 64.5 Å². The van der Waals surface area contributed by atoms with Crippen LogP contribution in [0.25, 0.3) is 0 Å². The number of allylic oxidation sites excluding steroid dienone is 2. The quantitative estimate of drug-likeness (QED) is 0.602. The van der Waals surface area contributed by atoms with Crippen LogP contribution in [0.2, 0.25) is 0 Å². The lowest BCUT2D eigenvalue weighted by Crippen LogP contribution is -2.25. The van der Waals surface area contributed by atoms with Crippen LogP contribution in [0.4, 0.5) is 0 Å². The third kappa shape index (κ3) is 5.04. The summed E-state index contributed by atoms with van der Waals surface area (Å²) in [6.45, 7) is 3.72. The average Bonchev–Trinajstić information content (AvgIpc) is 2.82. The monoisotopic (exact) mass is 450 g/mol. The number of carbonyl (C=O) groups is 1. The van der Waals surface area contributed by atoms with Crippen LogP contribution in [0.5, 0.6) is 17.2 Å². The van der Waals surface area contributed by atoms with Gasteiger partial charge in [-0.25, -0.2) is 4.79 Å². The zero-order chi connectivity index (χ0) is 24.0. The molecule has 0 saturated heterocycles. The van der Waals surface area contributed by atoms with Gasteiger partial charge in [0.25, 0.3) is 0 Å². The van der Waals surface area contributed by atoms with E-state index < -0.39 is 11.9 Å². The summed E-state index contributed by atoms with van der Waals surface area (Å²) < 4.78 is 27.3. The van der Waals surface area contributed by atoms with Gasteiger partial charge in [0.15, 0.2) is 0 Å². The van der Waals surface area contributed by atoms with Gasteiger partial charge in [-0.2, -0.15) is 5.26 Å². The van der Waals surface area contributed by atoms with Crippen molar-refractivity contribution in [2.45, 2.75) is 26.4 Å². The molecule has 0 spiro atoms. The van der Waals surface area contributed by atoms with E-state index >= 15 is 0 Å².